The third-order valence-corrected chi connectivity index (χ3v) is 4.72. The summed E-state index contributed by atoms with van der Waals surface area (Å²) in [7, 11) is 1.60. The maximum atomic E-state index is 12.7. The Hall–Kier alpha value is -3.03. The van der Waals surface area contributed by atoms with Crippen molar-refractivity contribution in [3.05, 3.63) is 35.2 Å². The van der Waals surface area contributed by atoms with Gasteiger partial charge in [-0.15, -0.1) is 0 Å². The first kappa shape index (κ1) is 18.8. The molecule has 0 radical (unpaired) electrons. The maximum absolute atomic E-state index is 12.7. The molecule has 1 aromatic heterocycles. The lowest BCUT2D eigenvalue weighted by molar-refractivity contribution is -0.137. The molecule has 0 saturated carbocycles. The normalized spacial score (nSPS) is 15.6. The zero-order valence-electron chi connectivity index (χ0n) is 15.6. The number of carbonyl (C=O) groups excluding carboxylic acids is 1. The van der Waals surface area contributed by atoms with Crippen LogP contribution in [0.4, 0.5) is 5.69 Å². The van der Waals surface area contributed by atoms with E-state index in [1.54, 1.807) is 18.7 Å². The van der Waals surface area contributed by atoms with E-state index in [1.165, 1.54) is 0 Å². The summed E-state index contributed by atoms with van der Waals surface area (Å²) < 4.78 is 12.5. The Morgan fingerprint density at radius 2 is 2.19 bits per heavy atom. The van der Waals surface area contributed by atoms with Crippen molar-refractivity contribution in [1.82, 2.24) is 9.78 Å². The number of benzene rings is 1. The average molecular weight is 373 g/mol. The summed E-state index contributed by atoms with van der Waals surface area (Å²) in [6.07, 6.45) is 0.558. The topological polar surface area (TPSA) is 103 Å². The summed E-state index contributed by atoms with van der Waals surface area (Å²) in [5, 5.41) is 16.1. The van der Waals surface area contributed by atoms with Gasteiger partial charge in [-0.05, 0) is 31.9 Å². The van der Waals surface area contributed by atoms with E-state index >= 15 is 0 Å². The molecule has 1 aliphatic heterocycles. The van der Waals surface area contributed by atoms with Crippen molar-refractivity contribution in [1.29, 1.82) is 0 Å². The fourth-order valence-electron chi connectivity index (χ4n) is 3.17. The number of hydrogen-bond donors (Lipinski definition) is 2. The van der Waals surface area contributed by atoms with Gasteiger partial charge in [0.15, 0.2) is 0 Å². The van der Waals surface area contributed by atoms with E-state index < -0.39 is 5.97 Å². The molecule has 0 fully saturated rings. The standard InChI is InChI=1S/C19H23N3O5/c1-11-18(12(2)22(21-11)7-6-17(23)24)20-19(25)14-8-13-4-5-15(26-3)9-16(13)27-10-14/h4-5,9,14H,6-8,10H2,1-3H3,(H,20,25)(H,23,24). The quantitative estimate of drug-likeness (QED) is 0.804. The van der Waals surface area contributed by atoms with Crippen LogP contribution in [0.3, 0.4) is 0 Å². The van der Waals surface area contributed by atoms with Gasteiger partial charge in [0, 0.05) is 6.07 Å². The number of nitrogens with one attached hydrogen (secondary N) is 1. The van der Waals surface area contributed by atoms with Crippen molar-refractivity contribution in [3.8, 4) is 11.5 Å². The summed E-state index contributed by atoms with van der Waals surface area (Å²) in [6, 6.07) is 5.58. The smallest absolute Gasteiger partial charge is 0.305 e. The van der Waals surface area contributed by atoms with Crippen LogP contribution in [-0.2, 0) is 22.6 Å². The molecular formula is C19H23N3O5. The number of amides is 1. The van der Waals surface area contributed by atoms with Gasteiger partial charge in [-0.2, -0.15) is 5.10 Å². The fraction of sp³-hybridized carbons (Fsp3) is 0.421. The molecule has 1 aromatic carbocycles. The second-order valence-electron chi connectivity index (χ2n) is 6.59. The third-order valence-electron chi connectivity index (χ3n) is 4.72. The number of hydrogen-bond acceptors (Lipinski definition) is 5. The van der Waals surface area contributed by atoms with Crippen molar-refractivity contribution in [2.75, 3.05) is 19.0 Å². The zero-order valence-corrected chi connectivity index (χ0v) is 15.6. The average Bonchev–Trinajstić information content (AvgIpc) is 2.92. The highest BCUT2D eigenvalue weighted by Gasteiger charge is 2.27. The van der Waals surface area contributed by atoms with Gasteiger partial charge in [0.05, 0.1) is 43.1 Å². The van der Waals surface area contributed by atoms with Crippen LogP contribution in [0.25, 0.3) is 0 Å². The van der Waals surface area contributed by atoms with E-state index in [4.69, 9.17) is 14.6 Å². The highest BCUT2D eigenvalue weighted by Crippen LogP contribution is 2.31. The van der Waals surface area contributed by atoms with Crippen LogP contribution in [-0.4, -0.2) is 40.5 Å². The van der Waals surface area contributed by atoms with Gasteiger partial charge in [-0.3, -0.25) is 14.3 Å². The van der Waals surface area contributed by atoms with Crippen molar-refractivity contribution in [3.63, 3.8) is 0 Å². The van der Waals surface area contributed by atoms with Gasteiger partial charge in [-0.25, -0.2) is 0 Å². The Bertz CT molecular complexity index is 874. The van der Waals surface area contributed by atoms with Gasteiger partial charge in [0.1, 0.15) is 18.1 Å². The van der Waals surface area contributed by atoms with E-state index in [1.807, 2.05) is 25.1 Å². The molecular weight excluding hydrogens is 350 g/mol. The van der Waals surface area contributed by atoms with Gasteiger partial charge >= 0.3 is 5.97 Å². The van der Waals surface area contributed by atoms with E-state index in [-0.39, 0.29) is 31.4 Å². The number of nitrogens with zero attached hydrogens (tertiary/aromatic N) is 2. The predicted octanol–water partition coefficient (Wildman–Crippen LogP) is 2.17. The lowest BCUT2D eigenvalue weighted by atomic mass is 9.95. The molecule has 0 aliphatic carbocycles. The molecule has 8 heteroatoms. The first-order valence-electron chi connectivity index (χ1n) is 8.75. The van der Waals surface area contributed by atoms with Crippen LogP contribution in [0.15, 0.2) is 18.2 Å². The first-order valence-corrected chi connectivity index (χ1v) is 8.75. The SMILES string of the molecule is COc1ccc2c(c1)OCC(C(=O)Nc1c(C)nn(CCC(=O)O)c1C)C2. The molecule has 27 heavy (non-hydrogen) atoms. The van der Waals surface area contributed by atoms with Crippen LogP contribution >= 0.6 is 0 Å². The number of anilines is 1. The lowest BCUT2D eigenvalue weighted by Crippen LogP contribution is -2.32. The number of methoxy groups -OCH3 is 1. The Morgan fingerprint density at radius 3 is 2.89 bits per heavy atom. The third kappa shape index (κ3) is 4.05. The molecule has 144 valence electrons. The highest BCUT2D eigenvalue weighted by molar-refractivity contribution is 5.94. The number of carbonyl (C=O) groups is 2. The molecule has 1 amide bonds. The van der Waals surface area contributed by atoms with Crippen molar-refractivity contribution in [2.45, 2.75) is 33.2 Å². The lowest BCUT2D eigenvalue weighted by Gasteiger charge is -2.25. The van der Waals surface area contributed by atoms with E-state index in [0.717, 1.165) is 22.8 Å². The van der Waals surface area contributed by atoms with Crippen molar-refractivity contribution >= 4 is 17.6 Å². The number of aliphatic carboxylic acids is 1. The summed E-state index contributed by atoms with van der Waals surface area (Å²) in [5.74, 6) is 0.124. The maximum Gasteiger partial charge on any atom is 0.305 e. The minimum Gasteiger partial charge on any atom is -0.497 e. The first-order chi connectivity index (χ1) is 12.9. The molecule has 8 nitrogen and oxygen atoms in total. The van der Waals surface area contributed by atoms with Crippen LogP contribution in [0, 0.1) is 19.8 Å². The molecule has 0 saturated heterocycles. The molecule has 1 atom stereocenters. The van der Waals surface area contributed by atoms with Crippen molar-refractivity contribution in [2.24, 2.45) is 5.92 Å². The fourth-order valence-corrected chi connectivity index (χ4v) is 3.17. The Labute approximate surface area is 157 Å². The molecule has 3 rings (SSSR count). The second-order valence-corrected chi connectivity index (χ2v) is 6.59. The van der Waals surface area contributed by atoms with Gasteiger partial charge < -0.3 is 19.9 Å². The summed E-state index contributed by atoms with van der Waals surface area (Å²) in [6.45, 7) is 4.16. The number of carboxylic acid groups (broad SMARTS) is 1. The van der Waals surface area contributed by atoms with Crippen molar-refractivity contribution < 1.29 is 24.2 Å². The van der Waals surface area contributed by atoms with Crippen LogP contribution in [0.1, 0.15) is 23.4 Å². The van der Waals surface area contributed by atoms with Gasteiger partial charge in [0.2, 0.25) is 5.91 Å². The number of fused-ring (bicyclic) bond motifs is 1. The predicted molar refractivity (Wildman–Crippen MR) is 98.3 cm³/mol. The summed E-state index contributed by atoms with van der Waals surface area (Å²) in [4.78, 5) is 23.5. The Morgan fingerprint density at radius 1 is 1.41 bits per heavy atom. The number of aryl methyl sites for hydroxylation is 2. The molecule has 2 heterocycles. The van der Waals surface area contributed by atoms with Crippen LogP contribution in [0.2, 0.25) is 0 Å². The van der Waals surface area contributed by atoms with Crippen LogP contribution in [0.5, 0.6) is 11.5 Å². The molecule has 0 bridgehead atoms. The Balaban J connectivity index is 1.70. The number of rotatable bonds is 6. The minimum absolute atomic E-state index is 0.0218. The molecule has 1 unspecified atom stereocenters. The van der Waals surface area contributed by atoms with E-state index in [2.05, 4.69) is 10.4 Å². The molecule has 2 aromatic rings. The highest BCUT2D eigenvalue weighted by atomic mass is 16.5. The monoisotopic (exact) mass is 373 g/mol. The molecule has 0 spiro atoms. The number of aromatic nitrogens is 2. The zero-order chi connectivity index (χ0) is 19.6. The van der Waals surface area contributed by atoms with Crippen LogP contribution < -0.4 is 14.8 Å². The van der Waals surface area contributed by atoms with E-state index in [0.29, 0.717) is 17.8 Å². The van der Waals surface area contributed by atoms with Gasteiger partial charge in [-0.1, -0.05) is 6.07 Å². The summed E-state index contributed by atoms with van der Waals surface area (Å²) in [5.41, 5.74) is 3.00. The molecule has 1 aliphatic rings. The number of carboxylic acids is 1. The summed E-state index contributed by atoms with van der Waals surface area (Å²) >= 11 is 0. The van der Waals surface area contributed by atoms with E-state index in [9.17, 15) is 9.59 Å². The second kappa shape index (κ2) is 7.69. The Kier molecular flexibility index (Phi) is 5.34. The minimum atomic E-state index is -0.886. The van der Waals surface area contributed by atoms with Gasteiger partial charge in [0.25, 0.3) is 0 Å². The number of ether oxygens (including phenoxy) is 2. The largest absolute Gasteiger partial charge is 0.497 e. The molecule has 2 N–H and O–H groups in total.